The summed E-state index contributed by atoms with van der Waals surface area (Å²) in [5.41, 5.74) is 2.28. The van der Waals surface area contributed by atoms with Crippen molar-refractivity contribution in [2.24, 2.45) is 0 Å². The zero-order valence-electron chi connectivity index (χ0n) is 9.62. The Balaban J connectivity index is 2.00. The van der Waals surface area contributed by atoms with E-state index in [1.165, 1.54) is 11.8 Å². The van der Waals surface area contributed by atoms with E-state index in [0.29, 0.717) is 5.88 Å². The van der Waals surface area contributed by atoms with Gasteiger partial charge < -0.3 is 5.32 Å². The van der Waals surface area contributed by atoms with Crippen LogP contribution >= 0.6 is 11.6 Å². The summed E-state index contributed by atoms with van der Waals surface area (Å²) in [6, 6.07) is 10.2. The highest BCUT2D eigenvalue weighted by molar-refractivity contribution is 6.19. The number of nitrogens with one attached hydrogen (secondary N) is 1. The van der Waals surface area contributed by atoms with Gasteiger partial charge in [-0.05, 0) is 31.4 Å². The lowest BCUT2D eigenvalue weighted by Crippen LogP contribution is -2.46. The number of hydrogen-bond donors (Lipinski definition) is 1. The highest BCUT2D eigenvalue weighted by atomic mass is 35.5. The highest BCUT2D eigenvalue weighted by Gasteiger charge is 2.36. The van der Waals surface area contributed by atoms with E-state index in [1.807, 2.05) is 30.5 Å². The molecule has 1 N–H and O–H groups in total. The first kappa shape index (κ1) is 10.8. The third kappa shape index (κ3) is 1.87. The molecular weight excluding hydrogens is 232 g/mol. The minimum Gasteiger partial charge on any atom is -0.378 e. The number of halogens is 1. The fourth-order valence-electron chi connectivity index (χ4n) is 2.39. The van der Waals surface area contributed by atoms with Crippen LogP contribution in [0.25, 0.3) is 10.9 Å². The van der Waals surface area contributed by atoms with Gasteiger partial charge in [0.05, 0.1) is 11.1 Å². The maximum absolute atomic E-state index is 6.08. The lowest BCUT2D eigenvalue weighted by Gasteiger charge is -2.42. The minimum absolute atomic E-state index is 0.103. The fourth-order valence-corrected chi connectivity index (χ4v) is 2.72. The fraction of sp³-hybridized carbons (Fsp3) is 0.357. The van der Waals surface area contributed by atoms with Gasteiger partial charge >= 0.3 is 0 Å². The molecule has 1 heterocycles. The van der Waals surface area contributed by atoms with Gasteiger partial charge in [-0.3, -0.25) is 4.98 Å². The molecule has 0 aliphatic heterocycles. The number of benzene rings is 1. The quantitative estimate of drug-likeness (QED) is 0.833. The molecule has 1 aliphatic carbocycles. The maximum atomic E-state index is 6.08. The van der Waals surface area contributed by atoms with Crippen molar-refractivity contribution < 1.29 is 0 Å². The molecule has 1 saturated carbocycles. The second kappa shape index (κ2) is 4.19. The Bertz CT molecular complexity index is 524. The van der Waals surface area contributed by atoms with Crippen molar-refractivity contribution in [2.75, 3.05) is 11.2 Å². The summed E-state index contributed by atoms with van der Waals surface area (Å²) in [6.07, 6.45) is 5.44. The number of rotatable bonds is 3. The van der Waals surface area contributed by atoms with Crippen LogP contribution in [0, 0.1) is 0 Å². The molecule has 2 aromatic rings. The zero-order valence-corrected chi connectivity index (χ0v) is 10.4. The van der Waals surface area contributed by atoms with E-state index in [-0.39, 0.29) is 5.54 Å². The van der Waals surface area contributed by atoms with E-state index in [2.05, 4.69) is 16.4 Å². The monoisotopic (exact) mass is 246 g/mol. The molecule has 0 unspecified atom stereocenters. The predicted octanol–water partition coefficient (Wildman–Crippen LogP) is 3.81. The molecule has 17 heavy (non-hydrogen) atoms. The summed E-state index contributed by atoms with van der Waals surface area (Å²) < 4.78 is 0. The van der Waals surface area contributed by atoms with Gasteiger partial charge in [0.25, 0.3) is 0 Å². The molecule has 0 spiro atoms. The third-order valence-corrected chi connectivity index (χ3v) is 4.13. The van der Waals surface area contributed by atoms with E-state index < -0.39 is 0 Å². The van der Waals surface area contributed by atoms with E-state index in [1.54, 1.807) is 0 Å². The molecule has 1 aromatic heterocycles. The molecule has 0 saturated heterocycles. The Morgan fingerprint density at radius 1 is 1.24 bits per heavy atom. The number of alkyl halides is 1. The summed E-state index contributed by atoms with van der Waals surface area (Å²) in [5.74, 6) is 0.670. The number of aromatic nitrogens is 1. The second-order valence-electron chi connectivity index (χ2n) is 4.77. The van der Waals surface area contributed by atoms with Gasteiger partial charge in [-0.2, -0.15) is 0 Å². The normalized spacial score (nSPS) is 17.7. The SMILES string of the molecule is ClCC1(Nc2ccnc3ccccc23)CCC1. The summed E-state index contributed by atoms with van der Waals surface area (Å²) in [4.78, 5) is 4.37. The van der Waals surface area contributed by atoms with Crippen LogP contribution in [0.4, 0.5) is 5.69 Å². The van der Waals surface area contributed by atoms with Crippen molar-refractivity contribution in [3.05, 3.63) is 36.5 Å². The molecule has 0 atom stereocenters. The third-order valence-electron chi connectivity index (χ3n) is 3.62. The van der Waals surface area contributed by atoms with Crippen molar-refractivity contribution in [1.29, 1.82) is 0 Å². The van der Waals surface area contributed by atoms with Crippen molar-refractivity contribution in [2.45, 2.75) is 24.8 Å². The van der Waals surface area contributed by atoms with Crippen molar-refractivity contribution in [3.8, 4) is 0 Å². The van der Waals surface area contributed by atoms with Gasteiger partial charge in [0, 0.05) is 23.2 Å². The van der Waals surface area contributed by atoms with Crippen LogP contribution in [-0.2, 0) is 0 Å². The summed E-state index contributed by atoms with van der Waals surface area (Å²) in [6.45, 7) is 0. The van der Waals surface area contributed by atoms with Gasteiger partial charge in [0.1, 0.15) is 0 Å². The molecule has 1 aliphatic rings. The minimum atomic E-state index is 0.103. The molecule has 0 amide bonds. The van der Waals surface area contributed by atoms with Crippen LogP contribution in [0.1, 0.15) is 19.3 Å². The lowest BCUT2D eigenvalue weighted by atomic mass is 9.78. The van der Waals surface area contributed by atoms with Crippen LogP contribution in [0.3, 0.4) is 0 Å². The predicted molar refractivity (Wildman–Crippen MR) is 72.7 cm³/mol. The Labute approximate surface area is 106 Å². The van der Waals surface area contributed by atoms with E-state index >= 15 is 0 Å². The van der Waals surface area contributed by atoms with Crippen LogP contribution in [0.2, 0.25) is 0 Å². The Kier molecular flexibility index (Phi) is 2.67. The molecule has 1 fully saturated rings. The first-order valence-electron chi connectivity index (χ1n) is 6.01. The van der Waals surface area contributed by atoms with Crippen molar-refractivity contribution >= 4 is 28.2 Å². The highest BCUT2D eigenvalue weighted by Crippen LogP contribution is 2.37. The van der Waals surface area contributed by atoms with Gasteiger partial charge in [-0.25, -0.2) is 0 Å². The zero-order chi connectivity index (χ0) is 11.7. The van der Waals surface area contributed by atoms with E-state index in [0.717, 1.165) is 24.0 Å². The first-order chi connectivity index (χ1) is 8.33. The van der Waals surface area contributed by atoms with Crippen molar-refractivity contribution in [3.63, 3.8) is 0 Å². The van der Waals surface area contributed by atoms with Crippen LogP contribution in [0.5, 0.6) is 0 Å². The first-order valence-corrected chi connectivity index (χ1v) is 6.54. The standard InChI is InChI=1S/C14H15ClN2/c15-10-14(7-3-8-14)17-13-6-9-16-12-5-2-1-4-11(12)13/h1-2,4-6,9H,3,7-8,10H2,(H,16,17). The Morgan fingerprint density at radius 3 is 2.76 bits per heavy atom. The average molecular weight is 247 g/mol. The van der Waals surface area contributed by atoms with Gasteiger partial charge in [0.2, 0.25) is 0 Å². The Hall–Kier alpha value is -1.28. The lowest BCUT2D eigenvalue weighted by molar-refractivity contribution is 0.311. The van der Waals surface area contributed by atoms with E-state index in [9.17, 15) is 0 Å². The smallest absolute Gasteiger partial charge is 0.0722 e. The average Bonchev–Trinajstić information content (AvgIpc) is 2.34. The molecule has 88 valence electrons. The largest absolute Gasteiger partial charge is 0.378 e. The molecule has 3 rings (SSSR count). The number of hydrogen-bond acceptors (Lipinski definition) is 2. The van der Waals surface area contributed by atoms with Crippen LogP contribution in [-0.4, -0.2) is 16.4 Å². The summed E-state index contributed by atoms with van der Waals surface area (Å²) >= 11 is 6.08. The molecule has 0 bridgehead atoms. The number of pyridine rings is 1. The van der Waals surface area contributed by atoms with Crippen LogP contribution < -0.4 is 5.32 Å². The maximum Gasteiger partial charge on any atom is 0.0722 e. The number of para-hydroxylation sites is 1. The van der Waals surface area contributed by atoms with Gasteiger partial charge in [0.15, 0.2) is 0 Å². The topological polar surface area (TPSA) is 24.9 Å². The second-order valence-corrected chi connectivity index (χ2v) is 5.04. The number of nitrogens with zero attached hydrogens (tertiary/aromatic N) is 1. The molecule has 2 nitrogen and oxygen atoms in total. The van der Waals surface area contributed by atoms with Gasteiger partial charge in [-0.15, -0.1) is 11.6 Å². The van der Waals surface area contributed by atoms with Gasteiger partial charge in [-0.1, -0.05) is 18.2 Å². The summed E-state index contributed by atoms with van der Waals surface area (Å²) in [7, 11) is 0. The van der Waals surface area contributed by atoms with E-state index in [4.69, 9.17) is 11.6 Å². The molecule has 1 aromatic carbocycles. The summed E-state index contributed by atoms with van der Waals surface area (Å²) in [5, 5.41) is 4.79. The molecular formula is C14H15ClN2. The molecule has 3 heteroatoms. The number of anilines is 1. The number of fused-ring (bicyclic) bond motifs is 1. The Morgan fingerprint density at radius 2 is 2.06 bits per heavy atom. The van der Waals surface area contributed by atoms with Crippen molar-refractivity contribution in [1.82, 2.24) is 4.98 Å². The molecule has 0 radical (unpaired) electrons. The van der Waals surface area contributed by atoms with Crippen LogP contribution in [0.15, 0.2) is 36.5 Å².